The first kappa shape index (κ1) is 10.6. The minimum Gasteiger partial charge on any atom is -0.475 e. The maximum Gasteiger partial charge on any atom is 0.371 e. The standard InChI is InChI=1S/C9H13NO4/c1-2-13-6-5-10-8-4-3-7(14-8)9(11)12/h3-4,10H,2,5-6H2,1H3,(H,11,12). The van der Waals surface area contributed by atoms with Gasteiger partial charge in [0.1, 0.15) is 0 Å². The van der Waals surface area contributed by atoms with E-state index >= 15 is 0 Å². The lowest BCUT2D eigenvalue weighted by atomic mass is 10.4. The van der Waals surface area contributed by atoms with Crippen LogP contribution in [-0.4, -0.2) is 30.8 Å². The third-order valence-corrected chi connectivity index (χ3v) is 1.57. The Morgan fingerprint density at radius 1 is 1.64 bits per heavy atom. The van der Waals surface area contributed by atoms with Crippen molar-refractivity contribution in [1.29, 1.82) is 0 Å². The summed E-state index contributed by atoms with van der Waals surface area (Å²) in [5, 5.41) is 11.5. The summed E-state index contributed by atoms with van der Waals surface area (Å²) in [7, 11) is 0. The molecular weight excluding hydrogens is 186 g/mol. The highest BCUT2D eigenvalue weighted by Crippen LogP contribution is 2.12. The summed E-state index contributed by atoms with van der Waals surface area (Å²) in [6.07, 6.45) is 0. The van der Waals surface area contributed by atoms with E-state index in [-0.39, 0.29) is 5.76 Å². The molecule has 0 saturated heterocycles. The van der Waals surface area contributed by atoms with Crippen molar-refractivity contribution in [1.82, 2.24) is 0 Å². The van der Waals surface area contributed by atoms with Crippen LogP contribution in [-0.2, 0) is 4.74 Å². The number of anilines is 1. The van der Waals surface area contributed by atoms with E-state index in [1.807, 2.05) is 6.92 Å². The fraction of sp³-hybridized carbons (Fsp3) is 0.444. The zero-order chi connectivity index (χ0) is 10.4. The number of furan rings is 1. The van der Waals surface area contributed by atoms with Crippen LogP contribution in [0.4, 0.5) is 5.88 Å². The third kappa shape index (κ3) is 3.10. The van der Waals surface area contributed by atoms with Crippen molar-refractivity contribution in [3.63, 3.8) is 0 Å². The normalized spacial score (nSPS) is 10.1. The summed E-state index contributed by atoms with van der Waals surface area (Å²) < 4.78 is 10.0. The molecule has 0 aliphatic carbocycles. The van der Waals surface area contributed by atoms with Gasteiger partial charge in [0.15, 0.2) is 5.88 Å². The van der Waals surface area contributed by atoms with E-state index in [9.17, 15) is 4.79 Å². The van der Waals surface area contributed by atoms with E-state index in [2.05, 4.69) is 5.32 Å². The maximum atomic E-state index is 10.4. The highest BCUT2D eigenvalue weighted by Gasteiger charge is 2.07. The smallest absolute Gasteiger partial charge is 0.371 e. The Bertz CT molecular complexity index is 295. The SMILES string of the molecule is CCOCCNc1ccc(C(=O)O)o1. The number of carboxylic acids is 1. The van der Waals surface area contributed by atoms with Crippen LogP contribution >= 0.6 is 0 Å². The van der Waals surface area contributed by atoms with Crippen molar-refractivity contribution in [3.05, 3.63) is 17.9 Å². The number of carbonyl (C=O) groups is 1. The Morgan fingerprint density at radius 2 is 2.43 bits per heavy atom. The molecule has 5 heteroatoms. The largest absolute Gasteiger partial charge is 0.475 e. The van der Waals surface area contributed by atoms with Crippen LogP contribution in [0.15, 0.2) is 16.5 Å². The molecule has 0 saturated carbocycles. The number of hydrogen-bond donors (Lipinski definition) is 2. The maximum absolute atomic E-state index is 10.4. The van der Waals surface area contributed by atoms with E-state index in [1.165, 1.54) is 6.07 Å². The first-order valence-electron chi connectivity index (χ1n) is 4.38. The van der Waals surface area contributed by atoms with E-state index in [1.54, 1.807) is 6.07 Å². The molecule has 0 atom stereocenters. The minimum absolute atomic E-state index is 0.0658. The summed E-state index contributed by atoms with van der Waals surface area (Å²) in [5.41, 5.74) is 0. The molecule has 0 fully saturated rings. The van der Waals surface area contributed by atoms with Crippen LogP contribution in [0.25, 0.3) is 0 Å². The second-order valence-corrected chi connectivity index (χ2v) is 2.59. The number of rotatable bonds is 6. The first-order chi connectivity index (χ1) is 6.74. The van der Waals surface area contributed by atoms with E-state index in [0.717, 1.165) is 0 Å². The average Bonchev–Trinajstić information content (AvgIpc) is 2.61. The van der Waals surface area contributed by atoms with Gasteiger partial charge in [-0.2, -0.15) is 0 Å². The predicted molar refractivity (Wildman–Crippen MR) is 50.7 cm³/mol. The Balaban J connectivity index is 2.33. The zero-order valence-electron chi connectivity index (χ0n) is 7.95. The lowest BCUT2D eigenvalue weighted by Gasteiger charge is -2.01. The van der Waals surface area contributed by atoms with Gasteiger partial charge in [-0.1, -0.05) is 0 Å². The van der Waals surface area contributed by atoms with Crippen LogP contribution in [0.3, 0.4) is 0 Å². The van der Waals surface area contributed by atoms with Crippen molar-refractivity contribution >= 4 is 11.9 Å². The summed E-state index contributed by atoms with van der Waals surface area (Å²) in [4.78, 5) is 10.4. The molecule has 0 aliphatic rings. The van der Waals surface area contributed by atoms with Gasteiger partial charge in [-0.3, -0.25) is 0 Å². The fourth-order valence-corrected chi connectivity index (χ4v) is 0.939. The van der Waals surface area contributed by atoms with Crippen LogP contribution in [0, 0.1) is 0 Å². The second-order valence-electron chi connectivity index (χ2n) is 2.59. The summed E-state index contributed by atoms with van der Waals surface area (Å²) in [6.45, 7) is 3.75. The molecule has 5 nitrogen and oxygen atoms in total. The fourth-order valence-electron chi connectivity index (χ4n) is 0.939. The average molecular weight is 199 g/mol. The van der Waals surface area contributed by atoms with Crippen LogP contribution in [0.5, 0.6) is 0 Å². The Labute approximate surface area is 81.7 Å². The first-order valence-corrected chi connectivity index (χ1v) is 4.38. The van der Waals surface area contributed by atoms with Gasteiger partial charge in [0.05, 0.1) is 6.61 Å². The molecule has 0 amide bonds. The van der Waals surface area contributed by atoms with E-state index in [0.29, 0.717) is 25.6 Å². The summed E-state index contributed by atoms with van der Waals surface area (Å²) in [6, 6.07) is 2.99. The molecule has 78 valence electrons. The number of ether oxygens (including phenoxy) is 1. The molecular formula is C9H13NO4. The monoisotopic (exact) mass is 199 g/mol. The highest BCUT2D eigenvalue weighted by atomic mass is 16.5. The molecule has 0 spiro atoms. The van der Waals surface area contributed by atoms with Crippen molar-refractivity contribution in [2.24, 2.45) is 0 Å². The molecule has 1 aromatic heterocycles. The second kappa shape index (κ2) is 5.29. The van der Waals surface area contributed by atoms with Gasteiger partial charge < -0.3 is 19.6 Å². The molecule has 1 heterocycles. The Hall–Kier alpha value is -1.49. The van der Waals surface area contributed by atoms with Crippen molar-refractivity contribution in [2.75, 3.05) is 25.1 Å². The van der Waals surface area contributed by atoms with Crippen molar-refractivity contribution in [2.45, 2.75) is 6.92 Å². The van der Waals surface area contributed by atoms with Gasteiger partial charge in [-0.15, -0.1) is 0 Å². The number of aromatic carboxylic acids is 1. The molecule has 0 aromatic carbocycles. The topological polar surface area (TPSA) is 71.7 Å². The van der Waals surface area contributed by atoms with Gasteiger partial charge in [0, 0.05) is 19.2 Å². The number of nitrogens with one attached hydrogen (secondary N) is 1. The van der Waals surface area contributed by atoms with Crippen LogP contribution in [0.1, 0.15) is 17.5 Å². The highest BCUT2D eigenvalue weighted by molar-refractivity contribution is 5.84. The molecule has 0 radical (unpaired) electrons. The Kier molecular flexibility index (Phi) is 4.00. The van der Waals surface area contributed by atoms with E-state index < -0.39 is 5.97 Å². The van der Waals surface area contributed by atoms with Gasteiger partial charge in [0.2, 0.25) is 5.76 Å². The number of hydrogen-bond acceptors (Lipinski definition) is 4. The minimum atomic E-state index is -1.07. The molecule has 0 bridgehead atoms. The molecule has 1 aromatic rings. The van der Waals surface area contributed by atoms with Gasteiger partial charge in [-0.05, 0) is 13.0 Å². The van der Waals surface area contributed by atoms with Crippen LogP contribution in [0.2, 0.25) is 0 Å². The lowest BCUT2D eigenvalue weighted by Crippen LogP contribution is -2.08. The molecule has 0 unspecified atom stereocenters. The Morgan fingerprint density at radius 3 is 3.00 bits per heavy atom. The molecule has 1 rings (SSSR count). The van der Waals surface area contributed by atoms with Gasteiger partial charge >= 0.3 is 5.97 Å². The summed E-state index contributed by atoms with van der Waals surface area (Å²) >= 11 is 0. The van der Waals surface area contributed by atoms with Gasteiger partial charge in [0.25, 0.3) is 0 Å². The van der Waals surface area contributed by atoms with E-state index in [4.69, 9.17) is 14.3 Å². The third-order valence-electron chi connectivity index (χ3n) is 1.57. The summed E-state index contributed by atoms with van der Waals surface area (Å²) in [5.74, 6) is -0.686. The van der Waals surface area contributed by atoms with Gasteiger partial charge in [-0.25, -0.2) is 4.79 Å². The lowest BCUT2D eigenvalue weighted by molar-refractivity contribution is 0.0663. The molecule has 0 aliphatic heterocycles. The van der Waals surface area contributed by atoms with Crippen molar-refractivity contribution < 1.29 is 19.1 Å². The predicted octanol–water partition coefficient (Wildman–Crippen LogP) is 1.43. The number of carboxylic acid groups (broad SMARTS) is 1. The van der Waals surface area contributed by atoms with Crippen molar-refractivity contribution in [3.8, 4) is 0 Å². The van der Waals surface area contributed by atoms with Crippen LogP contribution < -0.4 is 5.32 Å². The quantitative estimate of drug-likeness (QED) is 0.678. The zero-order valence-corrected chi connectivity index (χ0v) is 7.95. The molecule has 14 heavy (non-hydrogen) atoms. The molecule has 2 N–H and O–H groups in total.